The first kappa shape index (κ1) is 15.9. The highest BCUT2D eigenvalue weighted by atomic mass is 35.5. The number of nitrogens with zero attached hydrogens (tertiary/aromatic N) is 3. The Kier molecular flexibility index (Phi) is 5.92. The fourth-order valence-corrected chi connectivity index (χ4v) is 1.78. The third kappa shape index (κ3) is 5.66. The van der Waals surface area contributed by atoms with E-state index in [9.17, 15) is 4.79 Å². The van der Waals surface area contributed by atoms with Crippen LogP contribution in [0.3, 0.4) is 0 Å². The Balaban J connectivity index is 2.94. The lowest BCUT2D eigenvalue weighted by molar-refractivity contribution is 0.206. The molecule has 108 valence electrons. The number of carboxylic acid groups (broad SMARTS) is 1. The van der Waals surface area contributed by atoms with Gasteiger partial charge in [-0.1, -0.05) is 17.7 Å². The van der Waals surface area contributed by atoms with Crippen molar-refractivity contribution in [2.75, 3.05) is 6.54 Å². The van der Waals surface area contributed by atoms with Gasteiger partial charge in [0, 0.05) is 5.03 Å². The summed E-state index contributed by atoms with van der Waals surface area (Å²) in [5, 5.41) is 9.24. The zero-order valence-electron chi connectivity index (χ0n) is 11.0. The number of amidine groups is 3. The molecule has 0 radical (unpaired) electrons. The van der Waals surface area contributed by atoms with Gasteiger partial charge in [0.25, 0.3) is 0 Å². The molecule has 0 spiro atoms. The third-order valence-electron chi connectivity index (χ3n) is 2.31. The molecule has 7 nitrogen and oxygen atoms in total. The number of rotatable bonds is 2. The van der Waals surface area contributed by atoms with Crippen molar-refractivity contribution in [3.05, 3.63) is 22.8 Å². The van der Waals surface area contributed by atoms with E-state index in [1.165, 1.54) is 0 Å². The highest BCUT2D eigenvalue weighted by Gasteiger charge is 2.08. The van der Waals surface area contributed by atoms with Crippen molar-refractivity contribution in [1.29, 1.82) is 0 Å². The minimum atomic E-state index is -1.41. The molecule has 0 aromatic rings. The smallest absolute Gasteiger partial charge is 0.433 e. The number of amides is 1. The molecule has 0 fully saturated rings. The molecule has 0 heterocycles. The molecule has 0 aromatic carbocycles. The molecule has 1 aliphatic rings. The van der Waals surface area contributed by atoms with Crippen LogP contribution in [-0.4, -0.2) is 35.3 Å². The number of aliphatic imine (C=N–C) groups is 3. The van der Waals surface area contributed by atoms with Gasteiger partial charge in [0.05, 0.1) is 12.4 Å². The summed E-state index contributed by atoms with van der Waals surface area (Å²) in [5.41, 5.74) is 12.0. The van der Waals surface area contributed by atoms with Crippen molar-refractivity contribution < 1.29 is 9.90 Å². The van der Waals surface area contributed by atoms with Gasteiger partial charge in [-0.25, -0.2) is 9.79 Å². The van der Waals surface area contributed by atoms with Crippen LogP contribution in [0.4, 0.5) is 4.79 Å². The van der Waals surface area contributed by atoms with E-state index in [2.05, 4.69) is 15.0 Å². The van der Waals surface area contributed by atoms with Crippen LogP contribution < -0.4 is 11.5 Å². The van der Waals surface area contributed by atoms with Gasteiger partial charge in [0.1, 0.15) is 0 Å². The van der Waals surface area contributed by atoms with Gasteiger partial charge < -0.3 is 16.6 Å². The van der Waals surface area contributed by atoms with Crippen LogP contribution in [0.15, 0.2) is 37.7 Å². The molecule has 0 bridgehead atoms. The number of carbonyl (C=O) groups is 1. The molecule has 1 rings (SSSR count). The van der Waals surface area contributed by atoms with E-state index in [4.69, 9.17) is 28.2 Å². The molecule has 0 saturated carbocycles. The van der Waals surface area contributed by atoms with Crippen molar-refractivity contribution in [1.82, 2.24) is 0 Å². The SMILES string of the molecule is CC(N)=NC(=NCC1=CC(Cl)=CCC1)/C(N)=N/C(=O)O. The van der Waals surface area contributed by atoms with Crippen molar-refractivity contribution in [2.24, 2.45) is 26.4 Å². The van der Waals surface area contributed by atoms with E-state index in [0.717, 1.165) is 18.4 Å². The van der Waals surface area contributed by atoms with Gasteiger partial charge in [-0.05, 0) is 31.4 Å². The quantitative estimate of drug-likeness (QED) is 0.529. The van der Waals surface area contributed by atoms with E-state index in [1.807, 2.05) is 12.2 Å². The number of halogens is 1. The third-order valence-corrected chi connectivity index (χ3v) is 2.57. The fourth-order valence-electron chi connectivity index (χ4n) is 1.52. The molecule has 0 atom stereocenters. The zero-order chi connectivity index (χ0) is 15.1. The Bertz CT molecular complexity index is 542. The Morgan fingerprint density at radius 2 is 2.15 bits per heavy atom. The maximum atomic E-state index is 10.5. The number of hydrogen-bond donors (Lipinski definition) is 3. The standard InChI is InChI=1S/C12H16ClN5O2/c1-7(14)17-11(10(15)18-12(19)20)16-6-8-3-2-4-9(13)5-8/h4-5H,2-3,6H2,1H3,(H2,15,18)(H,19,20)(H2,14,16,17). The van der Waals surface area contributed by atoms with Crippen LogP contribution in [0.5, 0.6) is 0 Å². The lowest BCUT2D eigenvalue weighted by Crippen LogP contribution is -2.26. The van der Waals surface area contributed by atoms with Crippen molar-refractivity contribution in [3.8, 4) is 0 Å². The first-order chi connectivity index (χ1) is 9.38. The highest BCUT2D eigenvalue weighted by Crippen LogP contribution is 2.19. The Morgan fingerprint density at radius 1 is 1.45 bits per heavy atom. The minimum absolute atomic E-state index is 0.000949. The van der Waals surface area contributed by atoms with Crippen LogP contribution in [0.2, 0.25) is 0 Å². The average molecular weight is 298 g/mol. The number of hydrogen-bond acceptors (Lipinski definition) is 2. The van der Waals surface area contributed by atoms with Gasteiger partial charge >= 0.3 is 6.09 Å². The first-order valence-corrected chi connectivity index (χ1v) is 6.24. The molecule has 0 aliphatic heterocycles. The predicted octanol–water partition coefficient (Wildman–Crippen LogP) is 1.64. The summed E-state index contributed by atoms with van der Waals surface area (Å²) in [6.07, 6.45) is 3.98. The first-order valence-electron chi connectivity index (χ1n) is 5.86. The Morgan fingerprint density at radius 3 is 2.70 bits per heavy atom. The van der Waals surface area contributed by atoms with Crippen molar-refractivity contribution >= 4 is 35.2 Å². The number of allylic oxidation sites excluding steroid dienone is 3. The lowest BCUT2D eigenvalue weighted by Gasteiger charge is -2.08. The summed E-state index contributed by atoms with van der Waals surface area (Å²) in [7, 11) is 0. The molecule has 0 saturated heterocycles. The van der Waals surface area contributed by atoms with Crippen LogP contribution in [0.1, 0.15) is 19.8 Å². The molecule has 1 aliphatic carbocycles. The molecular weight excluding hydrogens is 282 g/mol. The fraction of sp³-hybridized carbons (Fsp3) is 0.333. The molecule has 0 aromatic heterocycles. The summed E-state index contributed by atoms with van der Waals surface area (Å²) >= 11 is 5.90. The van der Waals surface area contributed by atoms with Gasteiger partial charge in [-0.3, -0.25) is 4.99 Å². The highest BCUT2D eigenvalue weighted by molar-refractivity contribution is 6.42. The molecule has 5 N–H and O–H groups in total. The van der Waals surface area contributed by atoms with E-state index >= 15 is 0 Å². The second kappa shape index (κ2) is 7.44. The van der Waals surface area contributed by atoms with Crippen molar-refractivity contribution in [2.45, 2.75) is 19.8 Å². The normalized spacial score (nSPS) is 17.6. The number of nitrogens with two attached hydrogens (primary N) is 2. The van der Waals surface area contributed by atoms with Gasteiger partial charge in [0.2, 0.25) is 0 Å². The molecule has 1 amide bonds. The second-order valence-corrected chi connectivity index (χ2v) is 4.54. The molecule has 20 heavy (non-hydrogen) atoms. The monoisotopic (exact) mass is 297 g/mol. The summed E-state index contributed by atoms with van der Waals surface area (Å²) in [6, 6.07) is 0. The zero-order valence-corrected chi connectivity index (χ0v) is 11.8. The van der Waals surface area contributed by atoms with Gasteiger partial charge in [-0.15, -0.1) is 0 Å². The average Bonchev–Trinajstić information content (AvgIpc) is 2.33. The van der Waals surface area contributed by atoms with E-state index in [-0.39, 0.29) is 17.5 Å². The summed E-state index contributed by atoms with van der Waals surface area (Å²) < 4.78 is 0. The van der Waals surface area contributed by atoms with Gasteiger partial charge in [0.15, 0.2) is 11.7 Å². The lowest BCUT2D eigenvalue weighted by atomic mass is 10.1. The Hall–Kier alpha value is -2.15. The Labute approximate surface area is 121 Å². The molecule has 0 unspecified atom stereocenters. The van der Waals surface area contributed by atoms with E-state index in [1.54, 1.807) is 6.92 Å². The van der Waals surface area contributed by atoms with E-state index < -0.39 is 6.09 Å². The van der Waals surface area contributed by atoms with Crippen LogP contribution in [-0.2, 0) is 0 Å². The second-order valence-electron chi connectivity index (χ2n) is 4.10. The van der Waals surface area contributed by atoms with E-state index in [0.29, 0.717) is 11.6 Å². The van der Waals surface area contributed by atoms with Crippen LogP contribution in [0.25, 0.3) is 0 Å². The summed E-state index contributed by atoms with van der Waals surface area (Å²) in [6.45, 7) is 1.86. The molecule has 8 heteroatoms. The predicted molar refractivity (Wildman–Crippen MR) is 80.5 cm³/mol. The van der Waals surface area contributed by atoms with Crippen LogP contribution in [0, 0.1) is 0 Å². The topological polar surface area (TPSA) is 126 Å². The summed E-state index contributed by atoms with van der Waals surface area (Å²) in [5.74, 6) is -0.0813. The largest absolute Gasteiger partial charge is 0.463 e. The maximum absolute atomic E-state index is 10.5. The van der Waals surface area contributed by atoms with Gasteiger partial charge in [-0.2, -0.15) is 4.99 Å². The molecular formula is C12H16ClN5O2. The van der Waals surface area contributed by atoms with Crippen LogP contribution >= 0.6 is 11.6 Å². The van der Waals surface area contributed by atoms with Crippen molar-refractivity contribution in [3.63, 3.8) is 0 Å². The minimum Gasteiger partial charge on any atom is -0.463 e. The maximum Gasteiger partial charge on any atom is 0.433 e. The summed E-state index contributed by atoms with van der Waals surface area (Å²) in [4.78, 5) is 21.7.